The number of nitrogens with zero attached hydrogens (tertiary/aromatic N) is 4. The molecular weight excluding hydrogens is 730 g/mol. The van der Waals surface area contributed by atoms with Crippen LogP contribution in [0.3, 0.4) is 0 Å². The molecule has 7 rings (SSSR count). The van der Waals surface area contributed by atoms with Crippen molar-refractivity contribution >= 4 is 21.9 Å². The number of rotatable bonds is 9. The standard InChI is InChI=1S/C43H64BrN5O4/c1-25(2)27(5)39(7)16-17-40(8)29-11-12-32-38(6)20-31(49-36(47-24-48-49)28-14-18-46-33(44)19-28)35(53-22-42(10,45)26(3)4)43(32,23-52-21-38)30(29)13-15-41(40,9)34(39)37(50)51/h13-14,18-19,24-27,29,31-32,34-35H,11-12,15-17,20-23,45H2,1-10H3,(H,50,51)/t27-,29+,31-,32-,34-,35+,38-,39-,40-,41+,42+,43+/m1/s1. The molecule has 53 heavy (non-hydrogen) atoms. The average molecular weight is 795 g/mol. The van der Waals surface area contributed by atoms with Crippen LogP contribution < -0.4 is 5.73 Å². The molecule has 3 N–H and O–H groups in total. The van der Waals surface area contributed by atoms with E-state index < -0.39 is 28.3 Å². The highest BCUT2D eigenvalue weighted by Gasteiger charge is 2.72. The zero-order valence-electron chi connectivity index (χ0n) is 33.8. The number of allylic oxidation sites excluding steroid dienone is 1. The van der Waals surface area contributed by atoms with Crippen molar-refractivity contribution in [3.63, 3.8) is 0 Å². The van der Waals surface area contributed by atoms with Crippen LogP contribution in [0.5, 0.6) is 0 Å². The molecule has 0 radical (unpaired) electrons. The van der Waals surface area contributed by atoms with Crippen molar-refractivity contribution in [1.82, 2.24) is 19.7 Å². The fourth-order valence-corrected chi connectivity index (χ4v) is 13.1. The number of ether oxygens (including phenoxy) is 2. The fraction of sp³-hybridized carbons (Fsp3) is 0.767. The van der Waals surface area contributed by atoms with Gasteiger partial charge in [0.15, 0.2) is 5.82 Å². The van der Waals surface area contributed by atoms with Crippen molar-refractivity contribution in [2.45, 2.75) is 125 Å². The largest absolute Gasteiger partial charge is 0.481 e. The summed E-state index contributed by atoms with van der Waals surface area (Å²) < 4.78 is 17.1. The normalized spacial score (nSPS) is 41.2. The number of carboxylic acids is 1. The Balaban J connectivity index is 1.40. The van der Waals surface area contributed by atoms with Crippen LogP contribution in [0, 0.1) is 62.6 Å². The average Bonchev–Trinajstić information content (AvgIpc) is 3.57. The van der Waals surface area contributed by atoms with Gasteiger partial charge in [0.25, 0.3) is 0 Å². The molecule has 2 bridgehead atoms. The minimum absolute atomic E-state index is 0.121. The lowest BCUT2D eigenvalue weighted by molar-refractivity contribution is -0.254. The van der Waals surface area contributed by atoms with Crippen LogP contribution in [-0.2, 0) is 14.3 Å². The summed E-state index contributed by atoms with van der Waals surface area (Å²) in [7, 11) is 0. The first-order valence-corrected chi connectivity index (χ1v) is 21.0. The molecule has 10 heteroatoms. The maximum absolute atomic E-state index is 13.6. The number of nitrogens with two attached hydrogens (primary N) is 1. The number of hydrogen-bond donors (Lipinski definition) is 2. The van der Waals surface area contributed by atoms with Gasteiger partial charge in [0.2, 0.25) is 0 Å². The molecule has 0 unspecified atom stereocenters. The highest BCUT2D eigenvalue weighted by Crippen LogP contribution is 2.75. The van der Waals surface area contributed by atoms with Gasteiger partial charge in [-0.3, -0.25) is 4.79 Å². The molecule has 0 aromatic carbocycles. The van der Waals surface area contributed by atoms with Crippen molar-refractivity contribution in [2.24, 2.45) is 68.3 Å². The van der Waals surface area contributed by atoms with E-state index in [1.807, 2.05) is 12.1 Å². The Morgan fingerprint density at radius 1 is 1.11 bits per heavy atom. The van der Waals surface area contributed by atoms with Crippen LogP contribution in [0.2, 0.25) is 0 Å². The number of carboxylic acid groups (broad SMARTS) is 1. The van der Waals surface area contributed by atoms with Gasteiger partial charge in [-0.25, -0.2) is 14.6 Å². The topological polar surface area (TPSA) is 125 Å². The first-order valence-electron chi connectivity index (χ1n) is 20.2. The Kier molecular flexibility index (Phi) is 9.76. The van der Waals surface area contributed by atoms with Gasteiger partial charge in [-0.05, 0) is 125 Å². The summed E-state index contributed by atoms with van der Waals surface area (Å²) in [5.41, 5.74) is 7.39. The van der Waals surface area contributed by atoms with E-state index in [9.17, 15) is 9.90 Å². The summed E-state index contributed by atoms with van der Waals surface area (Å²) in [6.07, 6.45) is 11.3. The van der Waals surface area contributed by atoms with Crippen molar-refractivity contribution in [3.05, 3.63) is 40.9 Å². The van der Waals surface area contributed by atoms with E-state index in [1.54, 1.807) is 12.5 Å². The second-order valence-electron chi connectivity index (χ2n) is 19.9. The lowest BCUT2D eigenvalue weighted by atomic mass is 9.34. The number of aliphatic carboxylic acids is 1. The van der Waals surface area contributed by atoms with Crippen LogP contribution in [-0.4, -0.2) is 62.3 Å². The SMILES string of the molecule is CC(C)[C@@H](C)[C@@]1(C)CC[C@]2(C)[C@H]3CC[C@@H]4[C@@]5(C)COC[C@@]4(C3=CC[C@@]2(C)[C@@H]1C(=O)O)[C@@H](OC[C@](C)(N)C(C)C)[C@H](n1ncnc1-c1ccnc(Br)c1)C5. The number of fused-ring (bicyclic) bond motifs is 3. The Labute approximate surface area is 325 Å². The highest BCUT2D eigenvalue weighted by atomic mass is 79.9. The molecule has 5 aliphatic rings. The molecule has 4 aliphatic carbocycles. The molecule has 0 amide bonds. The monoisotopic (exact) mass is 793 g/mol. The number of pyridine rings is 1. The third kappa shape index (κ3) is 5.68. The van der Waals surface area contributed by atoms with Crippen molar-refractivity contribution < 1.29 is 19.4 Å². The molecule has 292 valence electrons. The van der Waals surface area contributed by atoms with E-state index in [0.717, 1.165) is 54.5 Å². The molecule has 12 atom stereocenters. The molecule has 3 heterocycles. The maximum Gasteiger partial charge on any atom is 0.307 e. The number of halogens is 1. The predicted octanol–water partition coefficient (Wildman–Crippen LogP) is 8.99. The summed E-state index contributed by atoms with van der Waals surface area (Å²) in [6.45, 7) is 24.4. The summed E-state index contributed by atoms with van der Waals surface area (Å²) in [5, 5.41) is 16.2. The van der Waals surface area contributed by atoms with E-state index in [2.05, 4.69) is 101 Å². The Hall–Kier alpha value is -2.14. The smallest absolute Gasteiger partial charge is 0.307 e. The van der Waals surface area contributed by atoms with Gasteiger partial charge in [-0.2, -0.15) is 5.10 Å². The zero-order chi connectivity index (χ0) is 38.5. The minimum Gasteiger partial charge on any atom is -0.481 e. The number of hydrogen-bond acceptors (Lipinski definition) is 7. The first kappa shape index (κ1) is 39.1. The van der Waals surface area contributed by atoms with Gasteiger partial charge in [0.1, 0.15) is 10.9 Å². The van der Waals surface area contributed by atoms with Crippen molar-refractivity contribution in [1.29, 1.82) is 0 Å². The number of aromatic nitrogens is 4. The van der Waals surface area contributed by atoms with Crippen molar-refractivity contribution in [2.75, 3.05) is 19.8 Å². The van der Waals surface area contributed by atoms with Crippen molar-refractivity contribution in [3.8, 4) is 11.4 Å². The van der Waals surface area contributed by atoms with E-state index in [0.29, 0.717) is 37.6 Å². The minimum atomic E-state index is -0.637. The Bertz CT molecular complexity index is 1760. The van der Waals surface area contributed by atoms with Gasteiger partial charge in [-0.1, -0.05) is 74.0 Å². The second kappa shape index (κ2) is 13.2. The second-order valence-corrected chi connectivity index (χ2v) is 20.7. The maximum atomic E-state index is 13.6. The third-order valence-electron chi connectivity index (χ3n) is 16.8. The summed E-state index contributed by atoms with van der Waals surface area (Å²) in [6, 6.07) is 3.87. The fourth-order valence-electron chi connectivity index (χ4n) is 12.8. The molecule has 0 spiro atoms. The molecule has 2 aromatic rings. The lowest BCUT2D eigenvalue weighted by Crippen LogP contribution is -2.70. The van der Waals surface area contributed by atoms with E-state index in [-0.39, 0.29) is 40.2 Å². The van der Waals surface area contributed by atoms with Gasteiger partial charge in [0, 0.05) is 22.7 Å². The molecule has 1 saturated heterocycles. The molecule has 2 aromatic heterocycles. The van der Waals surface area contributed by atoms with Crippen LogP contribution in [0.1, 0.15) is 114 Å². The van der Waals surface area contributed by atoms with Gasteiger partial charge in [0.05, 0.1) is 37.9 Å². The molecule has 4 fully saturated rings. The van der Waals surface area contributed by atoms with Gasteiger partial charge < -0.3 is 20.3 Å². The Morgan fingerprint density at radius 2 is 1.85 bits per heavy atom. The van der Waals surface area contributed by atoms with Gasteiger partial charge >= 0.3 is 5.97 Å². The third-order valence-corrected chi connectivity index (χ3v) is 17.2. The molecule has 9 nitrogen and oxygen atoms in total. The van der Waals surface area contributed by atoms with E-state index in [1.165, 1.54) is 5.57 Å². The quantitative estimate of drug-likeness (QED) is 0.191. The molecule has 1 aliphatic heterocycles. The van der Waals surface area contributed by atoms with Crippen LogP contribution >= 0.6 is 15.9 Å². The lowest BCUT2D eigenvalue weighted by Gasteiger charge is -2.71. The Morgan fingerprint density at radius 3 is 2.51 bits per heavy atom. The van der Waals surface area contributed by atoms with Crippen LogP contribution in [0.4, 0.5) is 0 Å². The predicted molar refractivity (Wildman–Crippen MR) is 211 cm³/mol. The molecular formula is C43H64BrN5O4. The van der Waals surface area contributed by atoms with Crippen LogP contribution in [0.25, 0.3) is 11.4 Å². The zero-order valence-corrected chi connectivity index (χ0v) is 35.4. The van der Waals surface area contributed by atoms with E-state index >= 15 is 0 Å². The molecule has 3 saturated carbocycles. The van der Waals surface area contributed by atoms with E-state index in [4.69, 9.17) is 25.3 Å². The summed E-state index contributed by atoms with van der Waals surface area (Å²) >= 11 is 3.58. The summed E-state index contributed by atoms with van der Waals surface area (Å²) in [4.78, 5) is 22.9. The van der Waals surface area contributed by atoms with Crippen LogP contribution in [0.15, 0.2) is 40.9 Å². The summed E-state index contributed by atoms with van der Waals surface area (Å²) in [5.74, 6) is 1.18. The number of carbonyl (C=O) groups is 1. The van der Waals surface area contributed by atoms with Gasteiger partial charge in [-0.15, -0.1) is 0 Å². The highest BCUT2D eigenvalue weighted by molar-refractivity contribution is 9.10. The first-order chi connectivity index (χ1) is 24.8.